The van der Waals surface area contributed by atoms with Gasteiger partial charge >= 0.3 is 0 Å². The lowest BCUT2D eigenvalue weighted by Crippen LogP contribution is -2.30. The van der Waals surface area contributed by atoms with Gasteiger partial charge in [-0.05, 0) is 38.5 Å². The molecule has 0 spiro atoms. The van der Waals surface area contributed by atoms with Crippen molar-refractivity contribution in [2.24, 2.45) is 0 Å². The Morgan fingerprint density at radius 2 is 2.35 bits per heavy atom. The third kappa shape index (κ3) is 2.85. The number of likely N-dealkylation sites (tertiary alicyclic amines) is 1. The number of hydrogen-bond acceptors (Lipinski definition) is 4. The van der Waals surface area contributed by atoms with Gasteiger partial charge in [-0.3, -0.25) is 4.90 Å². The second-order valence-electron chi connectivity index (χ2n) is 5.16. The van der Waals surface area contributed by atoms with Gasteiger partial charge in [0.2, 0.25) is 0 Å². The number of thiazole rings is 1. The number of hydrogen-bond donors (Lipinski definition) is 0. The summed E-state index contributed by atoms with van der Waals surface area (Å²) in [7, 11) is 0. The normalized spacial score (nSPS) is 25.6. The molecule has 0 N–H and O–H groups in total. The summed E-state index contributed by atoms with van der Waals surface area (Å²) in [6.07, 6.45) is 9.83. The molecule has 0 aromatic carbocycles. The second-order valence-corrected chi connectivity index (χ2v) is 7.22. The van der Waals surface area contributed by atoms with Crippen molar-refractivity contribution in [3.05, 3.63) is 16.1 Å². The van der Waals surface area contributed by atoms with Crippen LogP contribution in [0.2, 0.25) is 0 Å². The fourth-order valence-corrected chi connectivity index (χ4v) is 4.47. The molecule has 1 aliphatic carbocycles. The third-order valence-electron chi connectivity index (χ3n) is 3.72. The fourth-order valence-electron chi connectivity index (χ4n) is 2.60. The smallest absolute Gasteiger partial charge is 0.0959 e. The van der Waals surface area contributed by atoms with Crippen LogP contribution in [-0.4, -0.2) is 34.5 Å². The monoisotopic (exact) mass is 268 g/mol. The standard InChI is InChI=1S/C13H20N2S2/c1-16-9-11-3-2-6-15(11)8-12-7-14-13(17-12)10-4-5-10/h7,10-11H,2-6,8-9H2,1H3/t11-/m1/s1. The van der Waals surface area contributed by atoms with Gasteiger partial charge in [0.1, 0.15) is 0 Å². The van der Waals surface area contributed by atoms with Gasteiger partial charge in [-0.25, -0.2) is 4.98 Å². The van der Waals surface area contributed by atoms with Crippen LogP contribution in [0.3, 0.4) is 0 Å². The van der Waals surface area contributed by atoms with Crippen LogP contribution in [0.4, 0.5) is 0 Å². The molecule has 2 fully saturated rings. The Balaban J connectivity index is 1.60. The molecular formula is C13H20N2S2. The summed E-state index contributed by atoms with van der Waals surface area (Å²) in [6, 6.07) is 0.802. The highest BCUT2D eigenvalue weighted by Crippen LogP contribution is 2.42. The summed E-state index contributed by atoms with van der Waals surface area (Å²) in [5, 5.41) is 1.39. The number of nitrogens with zero attached hydrogens (tertiary/aromatic N) is 2. The van der Waals surface area contributed by atoms with Crippen LogP contribution < -0.4 is 0 Å². The minimum atomic E-state index is 0.802. The van der Waals surface area contributed by atoms with Gasteiger partial charge in [-0.15, -0.1) is 11.3 Å². The topological polar surface area (TPSA) is 16.1 Å². The molecule has 1 saturated heterocycles. The molecule has 1 saturated carbocycles. The van der Waals surface area contributed by atoms with Crippen molar-refractivity contribution in [3.63, 3.8) is 0 Å². The first-order valence-corrected chi connectivity index (χ1v) is 8.75. The molecule has 4 heteroatoms. The first-order chi connectivity index (χ1) is 8.36. The molecule has 1 aliphatic heterocycles. The zero-order valence-electron chi connectivity index (χ0n) is 10.4. The largest absolute Gasteiger partial charge is 0.294 e. The van der Waals surface area contributed by atoms with Crippen molar-refractivity contribution in [2.75, 3.05) is 18.6 Å². The first-order valence-electron chi connectivity index (χ1n) is 6.54. The van der Waals surface area contributed by atoms with Crippen LogP contribution in [0.1, 0.15) is 41.5 Å². The molecule has 1 aromatic rings. The average molecular weight is 268 g/mol. The average Bonchev–Trinajstić information content (AvgIpc) is 2.93. The van der Waals surface area contributed by atoms with Crippen LogP contribution in [0.25, 0.3) is 0 Å². The van der Waals surface area contributed by atoms with Crippen molar-refractivity contribution in [2.45, 2.75) is 44.2 Å². The Morgan fingerprint density at radius 1 is 1.47 bits per heavy atom. The van der Waals surface area contributed by atoms with E-state index >= 15 is 0 Å². The van der Waals surface area contributed by atoms with E-state index in [0.29, 0.717) is 0 Å². The minimum Gasteiger partial charge on any atom is -0.294 e. The van der Waals surface area contributed by atoms with Gasteiger partial charge in [-0.1, -0.05) is 0 Å². The molecule has 3 rings (SSSR count). The maximum Gasteiger partial charge on any atom is 0.0959 e. The Labute approximate surface area is 112 Å². The summed E-state index contributed by atoms with van der Waals surface area (Å²) in [5.41, 5.74) is 0. The lowest BCUT2D eigenvalue weighted by molar-refractivity contribution is 0.266. The number of rotatable bonds is 5. The molecular weight excluding hydrogens is 248 g/mol. The zero-order valence-corrected chi connectivity index (χ0v) is 12.0. The molecule has 17 heavy (non-hydrogen) atoms. The van der Waals surface area contributed by atoms with E-state index in [4.69, 9.17) is 0 Å². The summed E-state index contributed by atoms with van der Waals surface area (Å²) < 4.78 is 0. The molecule has 1 atom stereocenters. The minimum absolute atomic E-state index is 0.802. The number of aromatic nitrogens is 1. The van der Waals surface area contributed by atoms with Crippen molar-refractivity contribution in [1.29, 1.82) is 0 Å². The summed E-state index contributed by atoms with van der Waals surface area (Å²) >= 11 is 3.93. The van der Waals surface area contributed by atoms with Crippen molar-refractivity contribution < 1.29 is 0 Å². The van der Waals surface area contributed by atoms with Crippen molar-refractivity contribution >= 4 is 23.1 Å². The van der Waals surface area contributed by atoms with E-state index in [9.17, 15) is 0 Å². The maximum atomic E-state index is 4.58. The summed E-state index contributed by atoms with van der Waals surface area (Å²) in [4.78, 5) is 8.70. The molecule has 1 aromatic heterocycles. The second kappa shape index (κ2) is 5.29. The van der Waals surface area contributed by atoms with E-state index in [-0.39, 0.29) is 0 Å². The van der Waals surface area contributed by atoms with Crippen LogP contribution in [-0.2, 0) is 6.54 Å². The Bertz CT molecular complexity index is 373. The Hall–Kier alpha value is -0.0600. The quantitative estimate of drug-likeness (QED) is 0.815. The molecule has 0 radical (unpaired) electrons. The van der Waals surface area contributed by atoms with Gasteiger partial charge in [-0.2, -0.15) is 11.8 Å². The van der Waals surface area contributed by atoms with Crippen LogP contribution in [0.15, 0.2) is 6.20 Å². The molecule has 0 amide bonds. The fraction of sp³-hybridized carbons (Fsp3) is 0.769. The van der Waals surface area contributed by atoms with E-state index in [2.05, 4.69) is 22.3 Å². The predicted molar refractivity (Wildman–Crippen MR) is 75.9 cm³/mol. The molecule has 94 valence electrons. The van der Waals surface area contributed by atoms with Crippen LogP contribution in [0, 0.1) is 0 Å². The first kappa shape index (κ1) is 12.0. The van der Waals surface area contributed by atoms with Gasteiger partial charge in [0.15, 0.2) is 0 Å². The Morgan fingerprint density at radius 3 is 3.12 bits per heavy atom. The van der Waals surface area contributed by atoms with E-state index in [0.717, 1.165) is 18.5 Å². The zero-order chi connectivity index (χ0) is 11.7. The van der Waals surface area contributed by atoms with Crippen LogP contribution >= 0.6 is 23.1 Å². The van der Waals surface area contributed by atoms with E-state index < -0.39 is 0 Å². The highest BCUT2D eigenvalue weighted by Gasteiger charge is 2.28. The summed E-state index contributed by atoms with van der Waals surface area (Å²) in [5.74, 6) is 2.10. The lowest BCUT2D eigenvalue weighted by Gasteiger charge is -2.22. The van der Waals surface area contributed by atoms with Gasteiger partial charge < -0.3 is 0 Å². The maximum absolute atomic E-state index is 4.58. The van der Waals surface area contributed by atoms with Gasteiger partial charge in [0, 0.05) is 35.3 Å². The SMILES string of the molecule is CSC[C@H]1CCCN1Cc1cnc(C2CC2)s1. The van der Waals surface area contributed by atoms with Gasteiger partial charge in [0.05, 0.1) is 5.01 Å². The van der Waals surface area contributed by atoms with Crippen molar-refractivity contribution in [1.82, 2.24) is 9.88 Å². The molecule has 2 heterocycles. The lowest BCUT2D eigenvalue weighted by atomic mass is 10.2. The number of thioether (sulfide) groups is 1. The highest BCUT2D eigenvalue weighted by atomic mass is 32.2. The van der Waals surface area contributed by atoms with E-state index in [1.807, 2.05) is 23.1 Å². The molecule has 0 bridgehead atoms. The van der Waals surface area contributed by atoms with Crippen LogP contribution in [0.5, 0.6) is 0 Å². The van der Waals surface area contributed by atoms with Crippen molar-refractivity contribution in [3.8, 4) is 0 Å². The Kier molecular flexibility index (Phi) is 3.73. The molecule has 0 unspecified atom stereocenters. The summed E-state index contributed by atoms with van der Waals surface area (Å²) in [6.45, 7) is 2.41. The molecule has 2 nitrogen and oxygen atoms in total. The van der Waals surface area contributed by atoms with E-state index in [1.54, 1.807) is 0 Å². The molecule has 2 aliphatic rings. The highest BCUT2D eigenvalue weighted by molar-refractivity contribution is 7.98. The van der Waals surface area contributed by atoms with Gasteiger partial charge in [0.25, 0.3) is 0 Å². The third-order valence-corrected chi connectivity index (χ3v) is 5.58. The predicted octanol–water partition coefficient (Wildman–Crippen LogP) is 3.35. The van der Waals surface area contributed by atoms with E-state index in [1.165, 1.54) is 47.9 Å².